The molecule has 1 atom stereocenters. The van der Waals surface area contributed by atoms with Crippen molar-refractivity contribution in [1.82, 2.24) is 19.8 Å². The molecule has 1 saturated heterocycles. The van der Waals surface area contributed by atoms with Gasteiger partial charge >= 0.3 is 6.03 Å². The number of amides is 2. The monoisotopic (exact) mass is 361 g/mol. The van der Waals surface area contributed by atoms with Crippen molar-refractivity contribution in [1.29, 1.82) is 0 Å². The van der Waals surface area contributed by atoms with Crippen LogP contribution in [0.4, 0.5) is 10.6 Å². The van der Waals surface area contributed by atoms with Crippen LogP contribution in [0.15, 0.2) is 40.2 Å². The molecule has 3 heterocycles. The van der Waals surface area contributed by atoms with Crippen LogP contribution in [0.3, 0.4) is 0 Å². The van der Waals surface area contributed by atoms with E-state index in [9.17, 15) is 9.59 Å². The Morgan fingerprint density at radius 1 is 1.50 bits per heavy atom. The standard InChI is InChI=1S/C17H23N5O4/c1-20-5-4-18-15(16(20)23)21(2)10-14-11-22(6-8-26-14)17(24)19-9-13-3-7-25-12-13/h3-5,7,12,14H,6,8-11H2,1-2H3,(H,19,24)/t14-/m0/s1. The van der Waals surface area contributed by atoms with E-state index in [4.69, 9.17) is 9.15 Å². The second-order valence-electron chi connectivity index (χ2n) is 6.28. The molecule has 9 nitrogen and oxygen atoms in total. The maximum atomic E-state index is 12.3. The van der Waals surface area contributed by atoms with E-state index in [1.54, 1.807) is 48.8 Å². The van der Waals surface area contributed by atoms with Gasteiger partial charge in [-0.2, -0.15) is 0 Å². The first kappa shape index (κ1) is 18.0. The van der Waals surface area contributed by atoms with Crippen molar-refractivity contribution in [2.75, 3.05) is 38.2 Å². The van der Waals surface area contributed by atoms with Gasteiger partial charge in [-0.3, -0.25) is 4.79 Å². The lowest BCUT2D eigenvalue weighted by Crippen LogP contribution is -2.52. The van der Waals surface area contributed by atoms with Crippen LogP contribution in [-0.4, -0.2) is 59.9 Å². The average Bonchev–Trinajstić information content (AvgIpc) is 3.15. The third-order valence-electron chi connectivity index (χ3n) is 4.29. The summed E-state index contributed by atoms with van der Waals surface area (Å²) in [6.45, 7) is 2.33. The fourth-order valence-electron chi connectivity index (χ4n) is 2.84. The molecule has 2 amide bonds. The Balaban J connectivity index is 1.55. The summed E-state index contributed by atoms with van der Waals surface area (Å²) in [6.07, 6.45) is 6.18. The minimum Gasteiger partial charge on any atom is -0.472 e. The van der Waals surface area contributed by atoms with Crippen molar-refractivity contribution in [3.63, 3.8) is 0 Å². The van der Waals surface area contributed by atoms with Gasteiger partial charge in [0, 0.05) is 51.7 Å². The van der Waals surface area contributed by atoms with Crippen molar-refractivity contribution in [3.05, 3.63) is 46.9 Å². The number of hydrogen-bond donors (Lipinski definition) is 1. The van der Waals surface area contributed by atoms with Crippen LogP contribution in [0.1, 0.15) is 5.56 Å². The first-order chi connectivity index (χ1) is 12.5. The molecule has 2 aromatic rings. The molecular weight excluding hydrogens is 338 g/mol. The molecule has 26 heavy (non-hydrogen) atoms. The van der Waals surface area contributed by atoms with E-state index in [1.807, 2.05) is 6.07 Å². The minimum absolute atomic E-state index is 0.143. The summed E-state index contributed by atoms with van der Waals surface area (Å²) < 4.78 is 12.2. The Hall–Kier alpha value is -2.81. The Labute approximate surface area is 151 Å². The molecule has 1 aliphatic heterocycles. The molecule has 0 aromatic carbocycles. The van der Waals surface area contributed by atoms with Gasteiger partial charge in [-0.05, 0) is 6.07 Å². The number of rotatable bonds is 5. The first-order valence-corrected chi connectivity index (χ1v) is 8.43. The number of aryl methyl sites for hydroxylation is 1. The quantitative estimate of drug-likeness (QED) is 0.830. The predicted molar refractivity (Wildman–Crippen MR) is 95.0 cm³/mol. The highest BCUT2D eigenvalue weighted by molar-refractivity contribution is 5.74. The maximum absolute atomic E-state index is 12.3. The highest BCUT2D eigenvalue weighted by atomic mass is 16.5. The van der Waals surface area contributed by atoms with E-state index in [0.29, 0.717) is 38.6 Å². The van der Waals surface area contributed by atoms with Crippen molar-refractivity contribution in [2.24, 2.45) is 7.05 Å². The van der Waals surface area contributed by atoms with Crippen molar-refractivity contribution >= 4 is 11.8 Å². The number of likely N-dealkylation sites (N-methyl/N-ethyl adjacent to an activating group) is 1. The predicted octanol–water partition coefficient (Wildman–Crippen LogP) is 0.420. The number of ether oxygens (including phenoxy) is 1. The molecule has 0 bridgehead atoms. The number of nitrogens with zero attached hydrogens (tertiary/aromatic N) is 4. The Morgan fingerprint density at radius 2 is 2.35 bits per heavy atom. The number of carbonyl (C=O) groups excluding carboxylic acids is 1. The second-order valence-corrected chi connectivity index (χ2v) is 6.28. The van der Waals surface area contributed by atoms with Crippen LogP contribution < -0.4 is 15.8 Å². The molecule has 3 rings (SSSR count). The number of aromatic nitrogens is 2. The number of hydrogen-bond acceptors (Lipinski definition) is 6. The summed E-state index contributed by atoms with van der Waals surface area (Å²) in [7, 11) is 3.48. The number of morpholine rings is 1. The summed E-state index contributed by atoms with van der Waals surface area (Å²) in [5.74, 6) is 0.361. The van der Waals surface area contributed by atoms with Gasteiger partial charge in [0.2, 0.25) is 0 Å². The van der Waals surface area contributed by atoms with Gasteiger partial charge in [0.15, 0.2) is 5.82 Å². The van der Waals surface area contributed by atoms with Crippen molar-refractivity contribution in [3.8, 4) is 0 Å². The Bertz CT molecular complexity index is 789. The third kappa shape index (κ3) is 4.23. The van der Waals surface area contributed by atoms with E-state index < -0.39 is 0 Å². The van der Waals surface area contributed by atoms with Gasteiger partial charge in [0.05, 0.1) is 31.8 Å². The van der Waals surface area contributed by atoms with Gasteiger partial charge in [0.25, 0.3) is 5.56 Å². The van der Waals surface area contributed by atoms with Crippen molar-refractivity contribution in [2.45, 2.75) is 12.6 Å². The maximum Gasteiger partial charge on any atom is 0.317 e. The number of furan rings is 1. The Morgan fingerprint density at radius 3 is 3.12 bits per heavy atom. The number of nitrogens with one attached hydrogen (secondary N) is 1. The molecule has 1 fully saturated rings. The minimum atomic E-state index is -0.194. The molecule has 0 saturated carbocycles. The number of carbonyl (C=O) groups is 1. The lowest BCUT2D eigenvalue weighted by atomic mass is 10.2. The molecule has 140 valence electrons. The molecular formula is C17H23N5O4. The van der Waals surface area contributed by atoms with E-state index in [0.717, 1.165) is 5.56 Å². The lowest BCUT2D eigenvalue weighted by molar-refractivity contribution is -0.00917. The second kappa shape index (κ2) is 8.05. The summed E-state index contributed by atoms with van der Waals surface area (Å²) in [5.41, 5.74) is 0.745. The van der Waals surface area contributed by atoms with Gasteiger partial charge in [-0.15, -0.1) is 0 Å². The number of urea groups is 1. The zero-order chi connectivity index (χ0) is 18.5. The lowest BCUT2D eigenvalue weighted by Gasteiger charge is -2.34. The smallest absolute Gasteiger partial charge is 0.317 e. The van der Waals surface area contributed by atoms with Crippen LogP contribution in [-0.2, 0) is 18.3 Å². The normalized spacial score (nSPS) is 17.2. The molecule has 2 aromatic heterocycles. The molecule has 9 heteroatoms. The van der Waals surface area contributed by atoms with Gasteiger partial charge in [-0.25, -0.2) is 9.78 Å². The number of anilines is 1. The third-order valence-corrected chi connectivity index (χ3v) is 4.29. The van der Waals surface area contributed by atoms with Crippen LogP contribution >= 0.6 is 0 Å². The fraction of sp³-hybridized carbons (Fsp3) is 0.471. The van der Waals surface area contributed by atoms with Crippen LogP contribution in [0.25, 0.3) is 0 Å². The zero-order valence-corrected chi connectivity index (χ0v) is 14.9. The molecule has 1 N–H and O–H groups in total. The Kier molecular flexibility index (Phi) is 5.57. The highest BCUT2D eigenvalue weighted by Gasteiger charge is 2.26. The van der Waals surface area contributed by atoms with E-state index in [1.165, 1.54) is 4.57 Å². The van der Waals surface area contributed by atoms with Gasteiger partial charge in [0.1, 0.15) is 0 Å². The molecule has 0 radical (unpaired) electrons. The molecule has 0 aliphatic carbocycles. The van der Waals surface area contributed by atoms with Crippen LogP contribution in [0, 0.1) is 0 Å². The van der Waals surface area contributed by atoms with Gasteiger partial charge < -0.3 is 28.8 Å². The summed E-state index contributed by atoms with van der Waals surface area (Å²) >= 11 is 0. The van der Waals surface area contributed by atoms with Crippen molar-refractivity contribution < 1.29 is 13.9 Å². The highest BCUT2D eigenvalue weighted by Crippen LogP contribution is 2.10. The largest absolute Gasteiger partial charge is 0.472 e. The van der Waals surface area contributed by atoms with E-state index >= 15 is 0 Å². The van der Waals surface area contributed by atoms with Crippen LogP contribution in [0.2, 0.25) is 0 Å². The average molecular weight is 361 g/mol. The summed E-state index contributed by atoms with van der Waals surface area (Å²) in [6, 6.07) is 1.67. The van der Waals surface area contributed by atoms with Crippen LogP contribution in [0.5, 0.6) is 0 Å². The fourth-order valence-corrected chi connectivity index (χ4v) is 2.84. The summed E-state index contributed by atoms with van der Waals surface area (Å²) in [4.78, 5) is 32.1. The topological polar surface area (TPSA) is 92.8 Å². The SMILES string of the molecule is CN(C[C@H]1CN(C(=O)NCc2ccoc2)CCO1)c1nccn(C)c1=O. The van der Waals surface area contributed by atoms with E-state index in [2.05, 4.69) is 10.3 Å². The molecule has 1 aliphatic rings. The molecule has 0 unspecified atom stereocenters. The zero-order valence-electron chi connectivity index (χ0n) is 14.9. The van der Waals surface area contributed by atoms with E-state index in [-0.39, 0.29) is 17.7 Å². The summed E-state index contributed by atoms with van der Waals surface area (Å²) in [5, 5.41) is 2.87. The molecule has 0 spiro atoms. The van der Waals surface area contributed by atoms with Gasteiger partial charge in [-0.1, -0.05) is 0 Å². The first-order valence-electron chi connectivity index (χ1n) is 8.43.